The number of piperidine rings is 2. The third-order valence-electron chi connectivity index (χ3n) is 13.0. The molecule has 0 saturated carbocycles. The Kier molecular flexibility index (Phi) is 20.9. The van der Waals surface area contributed by atoms with E-state index >= 15 is 4.39 Å². The quantitative estimate of drug-likeness (QED) is 0.165. The molecule has 0 aliphatic carbocycles. The average Bonchev–Trinajstić information content (AvgIpc) is 3.49. The van der Waals surface area contributed by atoms with Gasteiger partial charge in [-0.2, -0.15) is 10.8 Å². The first-order valence-electron chi connectivity index (χ1n) is 23.1. The standard InChI is InChI=1S/C48H57FN10O3.C2H6.CH3.K/c1-33-4-11-43(47(60)55-62-33)53-39-9-12-45(42(49)29-39)58-27-25-57(26-28-58)32-34-15-23-59(24-16-34)48(61)37-7-5-35(6-8-37)36-17-21-56(22-18-36)20-2-3-38-31-52-19-14-40(38)41-10-13-46(51)54-44(41)30-50;1-2;;/h3,5-10,12-14,19,29,33-34,36,43,46,53-54H,4,11,15-18,20-28,32,51H2,1H3,(H,55,60);1-2H3;1H3;/q-2;;-1;+1. The maximum absolute atomic E-state index is 15.3. The van der Waals surface area contributed by atoms with Crippen LogP contribution in [0.25, 0.3) is 11.6 Å². The van der Waals surface area contributed by atoms with Crippen LogP contribution in [0.4, 0.5) is 15.8 Å². The largest absolute Gasteiger partial charge is 1.00 e. The van der Waals surface area contributed by atoms with Crippen LogP contribution < -0.4 is 78.1 Å². The van der Waals surface area contributed by atoms with E-state index in [2.05, 4.69) is 66.3 Å². The number of likely N-dealkylation sites (tertiary alicyclic amines) is 2. The number of nitrogens with two attached hydrogens (primary N) is 1. The zero-order valence-electron chi connectivity index (χ0n) is 39.5. The summed E-state index contributed by atoms with van der Waals surface area (Å²) in [6.45, 7) is 14.3. The number of amides is 2. The van der Waals surface area contributed by atoms with Crippen LogP contribution in [-0.4, -0.2) is 115 Å². The number of pyridine rings is 1. The van der Waals surface area contributed by atoms with Gasteiger partial charge in [-0.3, -0.25) is 24.9 Å². The van der Waals surface area contributed by atoms with Gasteiger partial charge in [-0.05, 0) is 118 Å². The molecule has 4 fully saturated rings. The molecule has 2 aromatic carbocycles. The molecule has 3 aromatic rings. The van der Waals surface area contributed by atoms with Crippen LogP contribution in [0, 0.1) is 42.8 Å². The fourth-order valence-corrected chi connectivity index (χ4v) is 9.26. The Balaban J connectivity index is 0.00000201. The van der Waals surface area contributed by atoms with E-state index < -0.39 is 12.2 Å². The number of benzene rings is 2. The molecule has 5 aliphatic rings. The van der Waals surface area contributed by atoms with E-state index in [0.29, 0.717) is 41.9 Å². The van der Waals surface area contributed by atoms with E-state index in [1.807, 2.05) is 74.2 Å². The number of anilines is 2. The molecule has 3 unspecified atom stereocenters. The van der Waals surface area contributed by atoms with Crippen molar-refractivity contribution < 1.29 is 70.2 Å². The Morgan fingerprint density at radius 2 is 1.73 bits per heavy atom. The molecule has 4 saturated heterocycles. The number of nitrogens with zero attached hydrogens (tertiary/aromatic N) is 6. The molecule has 0 radical (unpaired) electrons. The van der Waals surface area contributed by atoms with E-state index in [4.69, 9.17) is 10.6 Å². The molecule has 348 valence electrons. The maximum Gasteiger partial charge on any atom is 1.00 e. The van der Waals surface area contributed by atoms with Gasteiger partial charge in [0.15, 0.2) is 0 Å². The number of piperazine rings is 1. The van der Waals surface area contributed by atoms with Gasteiger partial charge in [0.25, 0.3) is 11.8 Å². The number of carbonyl (C=O) groups excluding carboxylic acids is 2. The first kappa shape index (κ1) is 53.0. The molecule has 15 heteroatoms. The van der Waals surface area contributed by atoms with Crippen molar-refractivity contribution in [2.75, 3.05) is 75.7 Å². The number of rotatable bonds is 11. The van der Waals surface area contributed by atoms with Gasteiger partial charge in [-0.1, -0.05) is 44.8 Å². The summed E-state index contributed by atoms with van der Waals surface area (Å²) in [6.07, 6.45) is 18.7. The topological polar surface area (TPSA) is 155 Å². The van der Waals surface area contributed by atoms with Crippen molar-refractivity contribution in [2.24, 2.45) is 11.7 Å². The van der Waals surface area contributed by atoms with Gasteiger partial charge < -0.3 is 55.6 Å². The summed E-state index contributed by atoms with van der Waals surface area (Å²) in [7, 11) is 0. The van der Waals surface area contributed by atoms with Gasteiger partial charge in [0.05, 0.1) is 18.0 Å². The molecule has 13 nitrogen and oxygen atoms in total. The fraction of sp³-hybridized carbons (Fsp3) is 0.471. The molecule has 5 aliphatic heterocycles. The first-order valence-corrected chi connectivity index (χ1v) is 23.1. The van der Waals surface area contributed by atoms with E-state index in [0.717, 1.165) is 113 Å². The summed E-state index contributed by atoms with van der Waals surface area (Å²) in [5.74, 6) is 0.555. The number of dihydropyridines is 1. The van der Waals surface area contributed by atoms with Crippen LogP contribution in [0.15, 0.2) is 72.6 Å². The second-order valence-corrected chi connectivity index (χ2v) is 17.2. The minimum atomic E-state index is -0.468. The molecule has 6 heterocycles. The summed E-state index contributed by atoms with van der Waals surface area (Å²) in [6, 6.07) is 17.1. The predicted octanol–water partition coefficient (Wildman–Crippen LogP) is 3.56. The van der Waals surface area contributed by atoms with E-state index in [-0.39, 0.29) is 82.5 Å². The molecular formula is C51H66FKN10O3-2. The Morgan fingerprint density at radius 3 is 2.42 bits per heavy atom. The molecule has 1 aromatic heterocycles. The summed E-state index contributed by atoms with van der Waals surface area (Å²) in [5, 5.41) is 15.8. The van der Waals surface area contributed by atoms with Crippen molar-refractivity contribution in [3.05, 3.63) is 120 Å². The van der Waals surface area contributed by atoms with Crippen LogP contribution in [0.2, 0.25) is 0 Å². The second-order valence-electron chi connectivity index (χ2n) is 17.2. The number of allylic oxidation sites excluding steroid dienone is 3. The third kappa shape index (κ3) is 13.8. The molecule has 2 amide bonds. The number of nitriles is 1. The minimum Gasteiger partial charge on any atom is -0.380 e. The smallest absolute Gasteiger partial charge is 0.380 e. The average molecular weight is 925 g/mol. The van der Waals surface area contributed by atoms with Crippen molar-refractivity contribution in [1.82, 2.24) is 30.5 Å². The van der Waals surface area contributed by atoms with Crippen molar-refractivity contribution in [2.45, 2.75) is 83.5 Å². The van der Waals surface area contributed by atoms with Crippen molar-refractivity contribution in [3.8, 4) is 6.07 Å². The van der Waals surface area contributed by atoms with E-state index in [1.165, 1.54) is 11.6 Å². The number of halogens is 1. The first-order chi connectivity index (χ1) is 31.2. The van der Waals surface area contributed by atoms with Gasteiger partial charge in [0.1, 0.15) is 23.6 Å². The van der Waals surface area contributed by atoms with Crippen molar-refractivity contribution in [3.63, 3.8) is 0 Å². The number of hydrogen-bond acceptors (Lipinski definition) is 11. The summed E-state index contributed by atoms with van der Waals surface area (Å²) >= 11 is 0. The zero-order chi connectivity index (χ0) is 45.0. The Morgan fingerprint density at radius 1 is 1.00 bits per heavy atom. The summed E-state index contributed by atoms with van der Waals surface area (Å²) in [5.41, 5.74) is 14.5. The Labute approximate surface area is 434 Å². The molecule has 66 heavy (non-hydrogen) atoms. The Bertz CT molecular complexity index is 2190. The molecule has 0 bridgehead atoms. The molecule has 3 atom stereocenters. The summed E-state index contributed by atoms with van der Waals surface area (Å²) < 4.78 is 15.3. The summed E-state index contributed by atoms with van der Waals surface area (Å²) in [4.78, 5) is 44.4. The Hall–Kier alpha value is -3.95. The molecular weight excluding hydrogens is 859 g/mol. The van der Waals surface area contributed by atoms with Gasteiger partial charge in [0, 0.05) is 57.1 Å². The van der Waals surface area contributed by atoms with Crippen LogP contribution in [0.1, 0.15) is 92.3 Å². The normalized spacial score (nSPS) is 22.2. The number of aromatic nitrogens is 1. The van der Waals surface area contributed by atoms with Crippen molar-refractivity contribution >= 4 is 34.8 Å². The van der Waals surface area contributed by atoms with E-state index in [9.17, 15) is 14.9 Å². The monoisotopic (exact) mass is 924 g/mol. The number of hydroxylamine groups is 1. The van der Waals surface area contributed by atoms with Crippen LogP contribution in [-0.2, 0) is 9.63 Å². The molecule has 5 N–H and O–H groups in total. The fourth-order valence-electron chi connectivity index (χ4n) is 9.26. The maximum atomic E-state index is 15.3. The van der Waals surface area contributed by atoms with Gasteiger partial charge >= 0.3 is 51.4 Å². The number of nitrogens with one attached hydrogen (secondary N) is 3. The van der Waals surface area contributed by atoms with E-state index in [1.54, 1.807) is 6.20 Å². The van der Waals surface area contributed by atoms with Crippen LogP contribution in [0.3, 0.4) is 0 Å². The second kappa shape index (κ2) is 26.0. The van der Waals surface area contributed by atoms with Crippen LogP contribution in [0.5, 0.6) is 0 Å². The van der Waals surface area contributed by atoms with Crippen LogP contribution >= 0.6 is 0 Å². The van der Waals surface area contributed by atoms with Gasteiger partial charge in [0.2, 0.25) is 0 Å². The number of hydrogen-bond donors (Lipinski definition) is 4. The number of carbonyl (C=O) groups is 2. The predicted molar refractivity (Wildman–Crippen MR) is 255 cm³/mol. The SMILES string of the molecule is CC.CC1CCC(Nc2ccc(N3CCN(CC4CCN(C(=O)c5ccc(C6CCN(C[C-]=Cc7[c-]nccc7C7=C(C#N)NC(N)C=C7)CC6)cc5)CC4)CC3)c(F)c2)C(=O)NO1.[CH3-].[K+]. The van der Waals surface area contributed by atoms with Crippen molar-refractivity contribution in [1.29, 1.82) is 5.26 Å². The molecule has 0 spiro atoms. The van der Waals surface area contributed by atoms with Gasteiger partial charge in [-0.15, -0.1) is 12.3 Å². The minimum absolute atomic E-state index is 0. The molecule has 8 rings (SSSR count). The zero-order valence-corrected chi connectivity index (χ0v) is 42.6. The van der Waals surface area contributed by atoms with Gasteiger partial charge in [-0.25, -0.2) is 9.87 Å². The third-order valence-corrected chi connectivity index (χ3v) is 13.0.